The van der Waals surface area contributed by atoms with E-state index in [9.17, 15) is 4.79 Å². The van der Waals surface area contributed by atoms with Crippen molar-refractivity contribution in [3.63, 3.8) is 0 Å². The summed E-state index contributed by atoms with van der Waals surface area (Å²) >= 11 is 0. The zero-order chi connectivity index (χ0) is 17.8. The molecule has 1 unspecified atom stereocenters. The highest BCUT2D eigenvalue weighted by Gasteiger charge is 2.18. The lowest BCUT2D eigenvalue weighted by Gasteiger charge is -2.28. The predicted octanol–water partition coefficient (Wildman–Crippen LogP) is 2.56. The fourth-order valence-corrected chi connectivity index (χ4v) is 3.16. The lowest BCUT2D eigenvalue weighted by atomic mass is 9.92. The van der Waals surface area contributed by atoms with Gasteiger partial charge in [-0.2, -0.15) is 0 Å². The Morgan fingerprint density at radius 2 is 2.00 bits per heavy atom. The van der Waals surface area contributed by atoms with Crippen molar-refractivity contribution in [2.45, 2.75) is 20.3 Å². The van der Waals surface area contributed by atoms with Gasteiger partial charge in [0.1, 0.15) is 5.82 Å². The summed E-state index contributed by atoms with van der Waals surface area (Å²) in [6.07, 6.45) is 2.49. The van der Waals surface area contributed by atoms with E-state index >= 15 is 0 Å². The second kappa shape index (κ2) is 7.66. The molecule has 1 aromatic carbocycles. The SMILES string of the molecule is Cc1ccccc1-c1cc(N2CCOCC2)ncc1CC(C)C(N)=O. The van der Waals surface area contributed by atoms with E-state index in [1.807, 2.05) is 25.3 Å². The Labute approximate surface area is 148 Å². The van der Waals surface area contributed by atoms with Crippen molar-refractivity contribution >= 4 is 11.7 Å². The molecule has 2 aromatic rings. The number of ether oxygens (including phenoxy) is 1. The highest BCUT2D eigenvalue weighted by molar-refractivity contribution is 5.78. The van der Waals surface area contributed by atoms with Crippen LogP contribution in [0.25, 0.3) is 11.1 Å². The maximum absolute atomic E-state index is 11.5. The van der Waals surface area contributed by atoms with Crippen molar-refractivity contribution in [1.82, 2.24) is 4.98 Å². The first-order valence-electron chi connectivity index (χ1n) is 8.73. The van der Waals surface area contributed by atoms with Crippen LogP contribution >= 0.6 is 0 Å². The molecular formula is C20H25N3O2. The maximum atomic E-state index is 11.5. The Morgan fingerprint density at radius 1 is 1.28 bits per heavy atom. The van der Waals surface area contributed by atoms with Gasteiger partial charge in [0.25, 0.3) is 0 Å². The van der Waals surface area contributed by atoms with E-state index < -0.39 is 0 Å². The molecule has 1 atom stereocenters. The van der Waals surface area contributed by atoms with Gasteiger partial charge in [-0.05, 0) is 41.7 Å². The van der Waals surface area contributed by atoms with E-state index in [0.717, 1.165) is 43.2 Å². The molecule has 1 aliphatic rings. The van der Waals surface area contributed by atoms with E-state index in [0.29, 0.717) is 6.42 Å². The fraction of sp³-hybridized carbons (Fsp3) is 0.400. The van der Waals surface area contributed by atoms with Gasteiger partial charge in [0, 0.05) is 25.2 Å². The first kappa shape index (κ1) is 17.4. The van der Waals surface area contributed by atoms with Crippen molar-refractivity contribution in [2.75, 3.05) is 31.2 Å². The summed E-state index contributed by atoms with van der Waals surface area (Å²) < 4.78 is 5.44. The van der Waals surface area contributed by atoms with Crippen LogP contribution in [-0.2, 0) is 16.0 Å². The van der Waals surface area contributed by atoms with Crippen molar-refractivity contribution in [1.29, 1.82) is 0 Å². The summed E-state index contributed by atoms with van der Waals surface area (Å²) in [5, 5.41) is 0. The molecule has 2 N–H and O–H groups in total. The normalized spacial score (nSPS) is 15.8. The van der Waals surface area contributed by atoms with Crippen LogP contribution in [0.3, 0.4) is 0 Å². The number of benzene rings is 1. The van der Waals surface area contributed by atoms with E-state index in [4.69, 9.17) is 10.5 Å². The average molecular weight is 339 g/mol. The number of anilines is 1. The van der Waals surface area contributed by atoms with E-state index in [1.165, 1.54) is 11.1 Å². The van der Waals surface area contributed by atoms with Gasteiger partial charge in [-0.3, -0.25) is 4.79 Å². The van der Waals surface area contributed by atoms with Gasteiger partial charge < -0.3 is 15.4 Å². The number of amides is 1. The Hall–Kier alpha value is -2.40. The van der Waals surface area contributed by atoms with Crippen LogP contribution in [0.2, 0.25) is 0 Å². The van der Waals surface area contributed by atoms with Crippen LogP contribution in [-0.4, -0.2) is 37.2 Å². The summed E-state index contributed by atoms with van der Waals surface area (Å²) in [6.45, 7) is 7.10. The number of morpholine rings is 1. The lowest BCUT2D eigenvalue weighted by molar-refractivity contribution is -0.121. The molecule has 5 heteroatoms. The molecule has 1 aromatic heterocycles. The molecular weight excluding hydrogens is 314 g/mol. The van der Waals surface area contributed by atoms with Crippen LogP contribution in [0, 0.1) is 12.8 Å². The quantitative estimate of drug-likeness (QED) is 0.909. The predicted molar refractivity (Wildman–Crippen MR) is 99.5 cm³/mol. The van der Waals surface area contributed by atoms with Gasteiger partial charge in [-0.15, -0.1) is 0 Å². The number of pyridine rings is 1. The fourth-order valence-electron chi connectivity index (χ4n) is 3.16. The average Bonchev–Trinajstić information content (AvgIpc) is 2.63. The molecule has 0 aliphatic carbocycles. The number of aryl methyl sites for hydroxylation is 1. The summed E-state index contributed by atoms with van der Waals surface area (Å²) in [7, 11) is 0. The number of nitrogens with zero attached hydrogens (tertiary/aromatic N) is 2. The van der Waals surface area contributed by atoms with Crippen LogP contribution in [0.4, 0.5) is 5.82 Å². The Kier molecular flexibility index (Phi) is 5.34. The van der Waals surface area contributed by atoms with Gasteiger partial charge in [-0.25, -0.2) is 4.98 Å². The third-order valence-corrected chi connectivity index (χ3v) is 4.75. The minimum atomic E-state index is -0.284. The first-order valence-corrected chi connectivity index (χ1v) is 8.73. The molecule has 2 heterocycles. The topological polar surface area (TPSA) is 68.4 Å². The molecule has 1 aliphatic heterocycles. The van der Waals surface area contributed by atoms with Crippen molar-refractivity contribution in [3.8, 4) is 11.1 Å². The molecule has 3 rings (SSSR count). The summed E-state index contributed by atoms with van der Waals surface area (Å²) in [5.74, 6) is 0.448. The van der Waals surface area contributed by atoms with Crippen molar-refractivity contribution < 1.29 is 9.53 Å². The molecule has 1 amide bonds. The van der Waals surface area contributed by atoms with Gasteiger partial charge >= 0.3 is 0 Å². The van der Waals surface area contributed by atoms with Crippen LogP contribution in [0.1, 0.15) is 18.1 Å². The molecule has 0 radical (unpaired) electrons. The third-order valence-electron chi connectivity index (χ3n) is 4.75. The van der Waals surface area contributed by atoms with E-state index in [-0.39, 0.29) is 11.8 Å². The van der Waals surface area contributed by atoms with Crippen molar-refractivity contribution in [3.05, 3.63) is 47.7 Å². The number of hydrogen-bond acceptors (Lipinski definition) is 4. The molecule has 0 saturated carbocycles. The molecule has 5 nitrogen and oxygen atoms in total. The summed E-state index contributed by atoms with van der Waals surface area (Å²) in [4.78, 5) is 18.4. The Bertz CT molecular complexity index is 754. The van der Waals surface area contributed by atoms with Crippen LogP contribution in [0.5, 0.6) is 0 Å². The van der Waals surface area contributed by atoms with Crippen LogP contribution < -0.4 is 10.6 Å². The highest BCUT2D eigenvalue weighted by atomic mass is 16.5. The maximum Gasteiger partial charge on any atom is 0.220 e. The second-order valence-corrected chi connectivity index (χ2v) is 6.62. The zero-order valence-electron chi connectivity index (χ0n) is 14.9. The molecule has 1 fully saturated rings. The van der Waals surface area contributed by atoms with E-state index in [1.54, 1.807) is 0 Å². The number of aromatic nitrogens is 1. The lowest BCUT2D eigenvalue weighted by Crippen LogP contribution is -2.36. The van der Waals surface area contributed by atoms with Crippen LogP contribution in [0.15, 0.2) is 36.5 Å². The van der Waals surface area contributed by atoms with Gasteiger partial charge in [0.05, 0.1) is 13.2 Å². The number of carbonyl (C=O) groups excluding carboxylic acids is 1. The Morgan fingerprint density at radius 3 is 2.68 bits per heavy atom. The van der Waals surface area contributed by atoms with Gasteiger partial charge in [0.15, 0.2) is 0 Å². The highest BCUT2D eigenvalue weighted by Crippen LogP contribution is 2.31. The smallest absolute Gasteiger partial charge is 0.220 e. The monoisotopic (exact) mass is 339 g/mol. The van der Waals surface area contributed by atoms with E-state index in [2.05, 4.69) is 35.0 Å². The van der Waals surface area contributed by atoms with Gasteiger partial charge in [0.2, 0.25) is 5.91 Å². The number of rotatable bonds is 5. The standard InChI is InChI=1S/C20H25N3O2/c1-14-5-3-4-6-17(14)18-12-19(23-7-9-25-10-8-23)22-13-16(18)11-15(2)20(21)24/h3-6,12-13,15H,7-11H2,1-2H3,(H2,21,24). The number of hydrogen-bond donors (Lipinski definition) is 1. The molecule has 0 bridgehead atoms. The molecule has 25 heavy (non-hydrogen) atoms. The molecule has 132 valence electrons. The van der Waals surface area contributed by atoms with Crippen molar-refractivity contribution in [2.24, 2.45) is 11.7 Å². The minimum absolute atomic E-state index is 0.223. The third kappa shape index (κ3) is 3.99. The zero-order valence-corrected chi connectivity index (χ0v) is 14.9. The number of nitrogens with two attached hydrogens (primary N) is 1. The second-order valence-electron chi connectivity index (χ2n) is 6.62. The summed E-state index contributed by atoms with van der Waals surface area (Å²) in [5.41, 5.74) is 10.0. The summed E-state index contributed by atoms with van der Waals surface area (Å²) in [6, 6.07) is 10.4. The number of primary amides is 1. The first-order chi connectivity index (χ1) is 12.1. The number of carbonyl (C=O) groups is 1. The Balaban J connectivity index is 2.02. The minimum Gasteiger partial charge on any atom is -0.378 e. The largest absolute Gasteiger partial charge is 0.378 e. The van der Waals surface area contributed by atoms with Gasteiger partial charge in [-0.1, -0.05) is 31.2 Å². The molecule has 1 saturated heterocycles. The molecule has 0 spiro atoms.